The van der Waals surface area contributed by atoms with Crippen LogP contribution in [-0.4, -0.2) is 17.1 Å². The summed E-state index contributed by atoms with van der Waals surface area (Å²) in [5.41, 5.74) is 0. The third-order valence-electron chi connectivity index (χ3n) is 5.98. The van der Waals surface area contributed by atoms with Crippen LogP contribution in [0.1, 0.15) is 64.2 Å². The van der Waals surface area contributed by atoms with E-state index < -0.39 is 7.82 Å². The minimum atomic E-state index is -3.93. The van der Waals surface area contributed by atoms with Crippen LogP contribution in [0.3, 0.4) is 0 Å². The van der Waals surface area contributed by atoms with Crippen molar-refractivity contribution in [1.82, 2.24) is 5.06 Å². The van der Waals surface area contributed by atoms with Gasteiger partial charge >= 0.3 is 7.82 Å². The number of para-hydroxylation sites is 2. The first-order valence-corrected chi connectivity index (χ1v) is 12.8. The van der Waals surface area contributed by atoms with Crippen LogP contribution in [0.4, 0.5) is 0 Å². The molecule has 6 heteroatoms. The Kier molecular flexibility index (Phi) is 7.48. The summed E-state index contributed by atoms with van der Waals surface area (Å²) in [7, 11) is -3.93. The predicted molar refractivity (Wildman–Crippen MR) is 118 cm³/mol. The minimum absolute atomic E-state index is 0.258. The lowest BCUT2D eigenvalue weighted by Gasteiger charge is -2.40. The monoisotopic (exact) mass is 429 g/mol. The van der Waals surface area contributed by atoms with E-state index in [0.717, 1.165) is 25.7 Å². The molecule has 0 amide bonds. The van der Waals surface area contributed by atoms with Crippen molar-refractivity contribution in [2.75, 3.05) is 0 Å². The first-order chi connectivity index (χ1) is 14.7. The van der Waals surface area contributed by atoms with Gasteiger partial charge in [-0.3, -0.25) is 0 Å². The summed E-state index contributed by atoms with van der Waals surface area (Å²) in [6.45, 7) is 0. The molecule has 2 aliphatic rings. The minimum Gasteiger partial charge on any atom is -0.394 e. The summed E-state index contributed by atoms with van der Waals surface area (Å²) in [6, 6.07) is 18.8. The van der Waals surface area contributed by atoms with Crippen molar-refractivity contribution in [1.29, 1.82) is 0 Å². The van der Waals surface area contributed by atoms with Crippen LogP contribution >= 0.6 is 7.82 Å². The predicted octanol–water partition coefficient (Wildman–Crippen LogP) is 7.15. The first-order valence-electron chi connectivity index (χ1n) is 11.3. The Balaban J connectivity index is 1.60. The molecule has 5 nitrogen and oxygen atoms in total. The zero-order valence-corrected chi connectivity index (χ0v) is 18.4. The summed E-state index contributed by atoms with van der Waals surface area (Å²) in [5.74, 6) is 0.952. The van der Waals surface area contributed by atoms with Gasteiger partial charge in [0.25, 0.3) is 0 Å². The van der Waals surface area contributed by atoms with Gasteiger partial charge in [-0.25, -0.2) is 4.57 Å². The molecular weight excluding hydrogens is 397 g/mol. The number of hydrogen-bond acceptors (Lipinski definition) is 5. The summed E-state index contributed by atoms with van der Waals surface area (Å²) < 4.78 is 32.0. The van der Waals surface area contributed by atoms with Gasteiger partial charge in [0, 0.05) is 12.1 Å². The summed E-state index contributed by atoms with van der Waals surface area (Å²) in [6.07, 6.45) is 11.5. The summed E-state index contributed by atoms with van der Waals surface area (Å²) in [5, 5.41) is 2.00. The van der Waals surface area contributed by atoms with Crippen LogP contribution < -0.4 is 9.05 Å². The molecule has 0 aliphatic heterocycles. The van der Waals surface area contributed by atoms with Gasteiger partial charge in [0.15, 0.2) is 0 Å². The largest absolute Gasteiger partial charge is 0.605 e. The molecule has 0 saturated heterocycles. The maximum atomic E-state index is 13.9. The lowest BCUT2D eigenvalue weighted by Crippen LogP contribution is -2.45. The van der Waals surface area contributed by atoms with Crippen molar-refractivity contribution in [3.05, 3.63) is 60.7 Å². The number of nitrogens with zero attached hydrogens (tertiary/aromatic N) is 1. The smallest absolute Gasteiger partial charge is 0.394 e. The Bertz CT molecular complexity index is 741. The second-order valence-electron chi connectivity index (χ2n) is 8.28. The van der Waals surface area contributed by atoms with E-state index in [0.29, 0.717) is 11.5 Å². The Labute approximate surface area is 179 Å². The van der Waals surface area contributed by atoms with Crippen LogP contribution in [0.2, 0.25) is 0 Å². The maximum absolute atomic E-state index is 13.9. The van der Waals surface area contributed by atoms with Gasteiger partial charge in [-0.15, -0.1) is 0 Å². The van der Waals surface area contributed by atoms with Gasteiger partial charge in [-0.2, -0.15) is 9.69 Å². The number of phosphoric acid groups is 1. The van der Waals surface area contributed by atoms with Crippen molar-refractivity contribution >= 4 is 7.82 Å². The topological polar surface area (TPSA) is 48.0 Å². The van der Waals surface area contributed by atoms with Crippen LogP contribution in [0, 0.1) is 0 Å². The lowest BCUT2D eigenvalue weighted by atomic mass is 9.90. The van der Waals surface area contributed by atoms with E-state index in [4.69, 9.17) is 13.7 Å². The normalized spacial score (nSPS) is 19.0. The molecule has 0 spiro atoms. The fourth-order valence-electron chi connectivity index (χ4n) is 4.49. The highest BCUT2D eigenvalue weighted by Crippen LogP contribution is 2.52. The number of hydroxylamine groups is 2. The molecule has 2 aromatic rings. The van der Waals surface area contributed by atoms with Crippen LogP contribution in [0.15, 0.2) is 60.7 Å². The van der Waals surface area contributed by atoms with E-state index in [1.54, 1.807) is 24.3 Å². The van der Waals surface area contributed by atoms with E-state index in [1.807, 2.05) is 41.5 Å². The van der Waals surface area contributed by atoms with E-state index >= 15 is 0 Å². The van der Waals surface area contributed by atoms with E-state index in [-0.39, 0.29) is 12.1 Å². The molecule has 0 unspecified atom stereocenters. The average molecular weight is 429 g/mol. The highest BCUT2D eigenvalue weighted by Gasteiger charge is 2.40. The molecule has 30 heavy (non-hydrogen) atoms. The number of hydrogen-bond donors (Lipinski definition) is 0. The molecule has 0 heterocycles. The van der Waals surface area contributed by atoms with Crippen molar-refractivity contribution < 1.29 is 18.2 Å². The van der Waals surface area contributed by atoms with E-state index in [9.17, 15) is 4.57 Å². The summed E-state index contributed by atoms with van der Waals surface area (Å²) >= 11 is 0. The molecular formula is C24H32NO4P. The van der Waals surface area contributed by atoms with Crippen molar-refractivity contribution in [2.24, 2.45) is 0 Å². The third-order valence-corrected chi connectivity index (χ3v) is 7.24. The molecule has 0 radical (unpaired) electrons. The van der Waals surface area contributed by atoms with Gasteiger partial charge in [0.1, 0.15) is 11.5 Å². The van der Waals surface area contributed by atoms with Crippen molar-refractivity contribution in [3.63, 3.8) is 0 Å². The molecule has 4 rings (SSSR count). The Morgan fingerprint density at radius 1 is 0.633 bits per heavy atom. The molecule has 2 aromatic carbocycles. The number of benzene rings is 2. The second-order valence-corrected chi connectivity index (χ2v) is 9.70. The lowest BCUT2D eigenvalue weighted by molar-refractivity contribution is -0.157. The molecule has 0 aromatic heterocycles. The highest BCUT2D eigenvalue weighted by atomic mass is 31.2. The Morgan fingerprint density at radius 3 is 1.43 bits per heavy atom. The Morgan fingerprint density at radius 2 is 1.03 bits per heavy atom. The van der Waals surface area contributed by atoms with Crippen molar-refractivity contribution in [3.8, 4) is 11.5 Å². The molecule has 2 aliphatic carbocycles. The highest BCUT2D eigenvalue weighted by molar-refractivity contribution is 7.49. The molecule has 0 N–H and O–H groups in total. The fraction of sp³-hybridized carbons (Fsp3) is 0.500. The first kappa shape index (κ1) is 21.4. The standard InChI is InChI=1S/C24H32NO4P/c26-30(27-23-17-9-3-10-18-23,28-24-19-11-4-12-20-24)29-25(21-13-5-1-6-14-21)22-15-7-2-8-16-22/h3-4,9-12,17-22H,1-2,5-8,13-16H2. The van der Waals surface area contributed by atoms with Crippen LogP contribution in [0.5, 0.6) is 11.5 Å². The molecule has 0 bridgehead atoms. The average Bonchev–Trinajstić information content (AvgIpc) is 2.80. The SMILES string of the molecule is O=P(Oc1ccccc1)(Oc1ccccc1)ON(C1CCCCC1)C1CCCCC1. The quantitative estimate of drug-likeness (QED) is 0.329. The zero-order valence-electron chi connectivity index (χ0n) is 17.5. The van der Waals surface area contributed by atoms with Gasteiger partial charge < -0.3 is 9.05 Å². The summed E-state index contributed by atoms with van der Waals surface area (Å²) in [4.78, 5) is 0. The van der Waals surface area contributed by atoms with Gasteiger partial charge in [0.2, 0.25) is 0 Å². The van der Waals surface area contributed by atoms with Crippen LogP contribution in [-0.2, 0) is 9.19 Å². The van der Waals surface area contributed by atoms with Crippen LogP contribution in [0.25, 0.3) is 0 Å². The van der Waals surface area contributed by atoms with Gasteiger partial charge in [-0.1, -0.05) is 74.9 Å². The molecule has 2 saturated carbocycles. The van der Waals surface area contributed by atoms with Gasteiger partial charge in [0.05, 0.1) is 0 Å². The maximum Gasteiger partial charge on any atom is 0.605 e. The number of phosphoric ester groups is 1. The zero-order chi connectivity index (χ0) is 20.7. The van der Waals surface area contributed by atoms with Crippen molar-refractivity contribution in [2.45, 2.75) is 76.3 Å². The molecule has 162 valence electrons. The Hall–Kier alpha value is -1.81. The molecule has 0 atom stereocenters. The number of rotatable bonds is 8. The van der Waals surface area contributed by atoms with E-state index in [2.05, 4.69) is 0 Å². The third kappa shape index (κ3) is 5.87. The van der Waals surface area contributed by atoms with Gasteiger partial charge in [-0.05, 0) is 49.9 Å². The fourth-order valence-corrected chi connectivity index (χ4v) is 5.85. The van der Waals surface area contributed by atoms with E-state index in [1.165, 1.54) is 38.5 Å². The molecule has 2 fully saturated rings. The second kappa shape index (κ2) is 10.5.